The Morgan fingerprint density at radius 1 is 0.970 bits per heavy atom. The van der Waals surface area contributed by atoms with Gasteiger partial charge in [-0.1, -0.05) is 54.5 Å². The van der Waals surface area contributed by atoms with E-state index in [2.05, 4.69) is 55.7 Å². The monoisotopic (exact) mass is 968 g/mol. The summed E-state index contributed by atoms with van der Waals surface area (Å²) in [5.41, 5.74) is 11.6. The lowest BCUT2D eigenvalue weighted by Gasteiger charge is -2.39. The molecule has 4 heterocycles. The largest absolute Gasteiger partial charge is 0.456 e. The first-order valence-electron chi connectivity index (χ1n) is 23.0. The Bertz CT molecular complexity index is 2780. The summed E-state index contributed by atoms with van der Waals surface area (Å²) in [5.74, 6) is -0.403. The molecule has 0 unspecified atom stereocenters. The maximum atomic E-state index is 14.1. The number of nitrogens with two attached hydrogens (primary N) is 1. The molecule has 3 aliphatic heterocycles. The summed E-state index contributed by atoms with van der Waals surface area (Å²) in [6, 6.07) is 22.7. The Morgan fingerprint density at radius 3 is 2.45 bits per heavy atom. The molecule has 4 aliphatic rings. The summed E-state index contributed by atoms with van der Waals surface area (Å²) < 4.78 is 42.6. The van der Waals surface area contributed by atoms with Crippen molar-refractivity contribution in [1.82, 2.24) is 19.5 Å². The number of sulfonamides is 1. The number of ether oxygens (including phenoxy) is 2. The molecule has 0 bridgehead atoms. The molecule has 0 spiro atoms. The van der Waals surface area contributed by atoms with E-state index in [4.69, 9.17) is 26.8 Å². The Morgan fingerprint density at radius 2 is 1.72 bits per heavy atom. The van der Waals surface area contributed by atoms with Gasteiger partial charge in [0.25, 0.3) is 21.6 Å². The maximum Gasteiger partial charge on any atom is 0.293 e. The molecule has 3 saturated heterocycles. The fourth-order valence-corrected chi connectivity index (χ4v) is 11.7. The number of anilines is 3. The minimum absolute atomic E-state index is 0.0163. The fourth-order valence-electron chi connectivity index (χ4n) is 9.86. The van der Waals surface area contributed by atoms with Gasteiger partial charge in [-0.25, -0.2) is 18.1 Å². The second-order valence-corrected chi connectivity index (χ2v) is 22.0. The molecule has 354 valence electrons. The number of rotatable bonds is 13. The van der Waals surface area contributed by atoms with Gasteiger partial charge in [-0.3, -0.25) is 19.8 Å². The van der Waals surface area contributed by atoms with E-state index >= 15 is 0 Å². The Labute approximate surface area is 400 Å². The number of allylic oxidation sites excluding steroid dienone is 1. The molecule has 1 aliphatic carbocycles. The van der Waals surface area contributed by atoms with Crippen LogP contribution >= 0.6 is 22.9 Å². The standard InChI is InChI=1S/C49H57ClN8O7S2/c1-49(2)18-13-33(41(30-49)32-3-5-34(50)6-4-32)31-55-21-23-57(24-22-55)37-7-10-40(45(27-37)65-38-8-11-43-46(28-38)66-48(51)53-43)47(59)54-67(62,63)39-9-12-42(44(29-39)58(60)61)52-35-14-19-56(20-15-35)36-16-25-64-26-17-36/h3-12,27-29,35-36,52H,13-26,30-31H2,1-2H3,(H2,51,53)(H,54,59). The number of nitro benzene ring substituents is 1. The van der Waals surface area contributed by atoms with Crippen molar-refractivity contribution in [3.05, 3.63) is 111 Å². The molecule has 0 saturated carbocycles. The third-order valence-electron chi connectivity index (χ3n) is 13.6. The highest BCUT2D eigenvalue weighted by molar-refractivity contribution is 7.90. The molecule has 4 N–H and O–H groups in total. The predicted octanol–water partition coefficient (Wildman–Crippen LogP) is 9.19. The van der Waals surface area contributed by atoms with Crippen molar-refractivity contribution in [3.8, 4) is 11.5 Å². The minimum atomic E-state index is -4.58. The number of halogens is 1. The van der Waals surface area contributed by atoms with Crippen LogP contribution in [0.15, 0.2) is 89.3 Å². The van der Waals surface area contributed by atoms with Crippen molar-refractivity contribution >= 4 is 76.9 Å². The van der Waals surface area contributed by atoms with E-state index in [9.17, 15) is 23.3 Å². The Balaban J connectivity index is 0.912. The second kappa shape index (κ2) is 19.7. The summed E-state index contributed by atoms with van der Waals surface area (Å²) in [4.78, 5) is 36.9. The van der Waals surface area contributed by atoms with Crippen molar-refractivity contribution < 1.29 is 27.6 Å². The third-order valence-corrected chi connectivity index (χ3v) is 16.1. The highest BCUT2D eigenvalue weighted by Crippen LogP contribution is 2.44. The number of hydrogen-bond donors (Lipinski definition) is 3. The maximum absolute atomic E-state index is 14.1. The number of thiazole rings is 1. The number of nitrogens with zero attached hydrogens (tertiary/aromatic N) is 5. The number of amides is 1. The van der Waals surface area contributed by atoms with Crippen molar-refractivity contribution in [3.63, 3.8) is 0 Å². The zero-order valence-corrected chi connectivity index (χ0v) is 40.2. The Kier molecular flexibility index (Phi) is 13.8. The molecule has 15 nitrogen and oxygen atoms in total. The van der Waals surface area contributed by atoms with Crippen molar-refractivity contribution in [2.75, 3.05) is 75.0 Å². The quantitative estimate of drug-likeness (QED) is 0.0750. The van der Waals surface area contributed by atoms with Crippen LogP contribution in [0.3, 0.4) is 0 Å². The SMILES string of the molecule is CC1(C)CCC(CN2CCN(c3ccc(C(=O)NS(=O)(=O)c4ccc(NC5CCN(C6CCOCC6)CC5)c([N+](=O)[O-])c4)c(Oc4ccc5nc(N)sc5c4)c3)CC2)=C(c2ccc(Cl)cc2)C1. The number of nitrogens with one attached hydrogen (secondary N) is 2. The van der Waals surface area contributed by atoms with Crippen molar-refractivity contribution in [2.24, 2.45) is 5.41 Å². The molecule has 4 aromatic carbocycles. The van der Waals surface area contributed by atoms with Crippen LogP contribution in [-0.4, -0.2) is 105 Å². The second-order valence-electron chi connectivity index (χ2n) is 18.8. The number of hydrogen-bond acceptors (Lipinski definition) is 14. The topological polar surface area (TPSA) is 186 Å². The van der Waals surface area contributed by atoms with E-state index in [1.807, 2.05) is 12.1 Å². The summed E-state index contributed by atoms with van der Waals surface area (Å²) in [7, 11) is -4.58. The number of piperidine rings is 1. The molecule has 3 fully saturated rings. The fraction of sp³-hybridized carbons (Fsp3) is 0.429. The molecule has 0 atom stereocenters. The van der Waals surface area contributed by atoms with Crippen LogP contribution in [0.25, 0.3) is 15.8 Å². The van der Waals surface area contributed by atoms with Crippen LogP contribution in [0.4, 0.5) is 22.2 Å². The molecule has 1 amide bonds. The van der Waals surface area contributed by atoms with E-state index < -0.39 is 31.4 Å². The van der Waals surface area contributed by atoms with E-state index in [1.54, 1.807) is 36.4 Å². The van der Waals surface area contributed by atoms with Gasteiger partial charge in [-0.15, -0.1) is 0 Å². The summed E-state index contributed by atoms with van der Waals surface area (Å²) in [6.45, 7) is 11.9. The van der Waals surface area contributed by atoms with Crippen molar-refractivity contribution in [1.29, 1.82) is 0 Å². The van der Waals surface area contributed by atoms with Gasteiger partial charge >= 0.3 is 0 Å². The number of likely N-dealkylation sites (tertiary alicyclic amines) is 1. The summed E-state index contributed by atoms with van der Waals surface area (Å²) in [6.07, 6.45) is 6.77. The smallest absolute Gasteiger partial charge is 0.293 e. The zero-order chi connectivity index (χ0) is 46.9. The number of piperazine rings is 1. The van der Waals surface area contributed by atoms with Crippen LogP contribution in [0.2, 0.25) is 5.02 Å². The lowest BCUT2D eigenvalue weighted by molar-refractivity contribution is -0.384. The van der Waals surface area contributed by atoms with Crippen molar-refractivity contribution in [2.45, 2.75) is 75.8 Å². The molecule has 0 radical (unpaired) electrons. The number of aromatic nitrogens is 1. The summed E-state index contributed by atoms with van der Waals surface area (Å²) in [5, 5.41) is 16.8. The van der Waals surface area contributed by atoms with Gasteiger partial charge in [0.1, 0.15) is 17.2 Å². The van der Waals surface area contributed by atoms with Crippen LogP contribution in [-0.2, 0) is 14.8 Å². The lowest BCUT2D eigenvalue weighted by atomic mass is 9.72. The number of fused-ring (bicyclic) bond motifs is 1. The third kappa shape index (κ3) is 11.0. The first kappa shape index (κ1) is 46.8. The van der Waals surface area contributed by atoms with Crippen LogP contribution in [0, 0.1) is 15.5 Å². The van der Waals surface area contributed by atoms with E-state index in [0.717, 1.165) is 125 Å². The molecular formula is C49H57ClN8O7S2. The predicted molar refractivity (Wildman–Crippen MR) is 265 cm³/mol. The molecule has 1 aromatic heterocycles. The molecule has 9 rings (SSSR count). The van der Waals surface area contributed by atoms with E-state index in [1.165, 1.54) is 40.2 Å². The number of nitro groups is 1. The lowest BCUT2D eigenvalue weighted by Crippen LogP contribution is -2.47. The number of nitrogen functional groups attached to an aromatic ring is 1. The Hall–Kier alpha value is -5.30. The number of carbonyl (C=O) groups is 1. The highest BCUT2D eigenvalue weighted by Gasteiger charge is 2.32. The minimum Gasteiger partial charge on any atom is -0.456 e. The molecule has 5 aromatic rings. The first-order valence-corrected chi connectivity index (χ1v) is 25.7. The van der Waals surface area contributed by atoms with Gasteiger partial charge < -0.3 is 30.3 Å². The van der Waals surface area contributed by atoms with Crippen LogP contribution < -0.4 is 25.4 Å². The molecular weight excluding hydrogens is 912 g/mol. The first-order chi connectivity index (χ1) is 32.2. The van der Waals surface area contributed by atoms with Gasteiger partial charge in [-0.2, -0.15) is 0 Å². The number of benzene rings is 4. The van der Waals surface area contributed by atoms with Gasteiger partial charge in [0, 0.05) is 100 Å². The van der Waals surface area contributed by atoms with E-state index in [-0.39, 0.29) is 28.5 Å². The number of carbonyl (C=O) groups excluding carboxylic acids is 1. The average Bonchev–Trinajstić information content (AvgIpc) is 3.69. The van der Waals surface area contributed by atoms with Crippen LogP contribution in [0.5, 0.6) is 11.5 Å². The van der Waals surface area contributed by atoms with E-state index in [0.29, 0.717) is 22.4 Å². The normalized spacial score (nSPS) is 19.1. The van der Waals surface area contributed by atoms with Gasteiger partial charge in [0.15, 0.2) is 5.13 Å². The molecule has 67 heavy (non-hydrogen) atoms. The zero-order valence-electron chi connectivity index (χ0n) is 37.8. The van der Waals surface area contributed by atoms with Gasteiger partial charge in [-0.05, 0) is 110 Å². The average molecular weight is 970 g/mol. The summed E-state index contributed by atoms with van der Waals surface area (Å²) >= 11 is 7.55. The molecule has 18 heteroatoms. The highest BCUT2D eigenvalue weighted by atomic mass is 35.5. The van der Waals surface area contributed by atoms with Gasteiger partial charge in [0.2, 0.25) is 0 Å². The van der Waals surface area contributed by atoms with Gasteiger partial charge in [0.05, 0.1) is 25.6 Å². The van der Waals surface area contributed by atoms with Crippen LogP contribution in [0.1, 0.15) is 74.7 Å².